The molecule has 3 aromatic carbocycles. The number of hydrogen-bond donors (Lipinski definition) is 1. The largest absolute Gasteiger partial charge is 0.457 e. The topological polar surface area (TPSA) is 46.5 Å². The average Bonchev–Trinajstić information content (AvgIpc) is 3.09. The lowest BCUT2D eigenvalue weighted by Gasteiger charge is -2.07. The zero-order valence-corrected chi connectivity index (χ0v) is 16.1. The van der Waals surface area contributed by atoms with Crippen molar-refractivity contribution in [2.75, 3.05) is 5.43 Å². The van der Waals surface area contributed by atoms with E-state index in [9.17, 15) is 0 Å². The van der Waals surface area contributed by atoms with Crippen LogP contribution in [0.2, 0.25) is 5.02 Å². The summed E-state index contributed by atoms with van der Waals surface area (Å²) in [5.41, 5.74) is 5.90. The van der Waals surface area contributed by atoms with Gasteiger partial charge in [-0.1, -0.05) is 35.1 Å². The molecule has 4 nitrogen and oxygen atoms in total. The molecule has 0 fully saturated rings. The van der Waals surface area contributed by atoms with E-state index in [1.807, 2.05) is 73.7 Å². The molecule has 0 amide bonds. The van der Waals surface area contributed by atoms with Crippen molar-refractivity contribution in [2.45, 2.75) is 6.92 Å². The van der Waals surface area contributed by atoms with E-state index in [1.54, 1.807) is 17.6 Å². The number of nitrogens with zero attached hydrogens (tertiary/aromatic N) is 2. The van der Waals surface area contributed by atoms with Crippen LogP contribution in [0.5, 0.6) is 11.5 Å². The predicted molar refractivity (Wildman–Crippen MR) is 114 cm³/mol. The fourth-order valence-electron chi connectivity index (χ4n) is 2.52. The summed E-state index contributed by atoms with van der Waals surface area (Å²) in [5.74, 6) is 1.52. The minimum absolute atomic E-state index is 0.731. The van der Waals surface area contributed by atoms with E-state index in [1.165, 1.54) is 0 Å². The van der Waals surface area contributed by atoms with E-state index in [4.69, 9.17) is 16.3 Å². The monoisotopic (exact) mass is 393 g/mol. The van der Waals surface area contributed by atoms with Crippen LogP contribution in [0.1, 0.15) is 11.1 Å². The van der Waals surface area contributed by atoms with Crippen molar-refractivity contribution < 1.29 is 4.74 Å². The Kier molecular flexibility index (Phi) is 5.05. The molecule has 0 aliphatic rings. The van der Waals surface area contributed by atoms with Gasteiger partial charge in [0.1, 0.15) is 11.5 Å². The Morgan fingerprint density at radius 2 is 1.81 bits per heavy atom. The number of aromatic nitrogens is 1. The molecule has 1 N–H and O–H groups in total. The maximum absolute atomic E-state index is 6.04. The van der Waals surface area contributed by atoms with E-state index in [0.29, 0.717) is 0 Å². The van der Waals surface area contributed by atoms with Gasteiger partial charge in [-0.3, -0.25) is 5.43 Å². The molecule has 0 bridgehead atoms. The maximum Gasteiger partial charge on any atom is 0.204 e. The van der Waals surface area contributed by atoms with Crippen LogP contribution in [0.25, 0.3) is 10.2 Å². The number of thiazole rings is 1. The minimum atomic E-state index is 0.731. The molecule has 0 atom stereocenters. The molecule has 0 radical (unpaired) electrons. The molecule has 4 aromatic rings. The second kappa shape index (κ2) is 7.78. The third-order valence-corrected chi connectivity index (χ3v) is 5.28. The van der Waals surface area contributed by atoms with Crippen molar-refractivity contribution in [3.63, 3.8) is 0 Å². The van der Waals surface area contributed by atoms with Crippen molar-refractivity contribution in [3.05, 3.63) is 82.9 Å². The molecule has 4 rings (SSSR count). The molecule has 0 aliphatic heterocycles. The van der Waals surface area contributed by atoms with Crippen LogP contribution in [0, 0.1) is 6.92 Å². The lowest BCUT2D eigenvalue weighted by Crippen LogP contribution is -1.90. The number of ether oxygens (including phenoxy) is 1. The number of halogens is 1. The molecule has 0 unspecified atom stereocenters. The Labute approximate surface area is 166 Å². The predicted octanol–water partition coefficient (Wildman–Crippen LogP) is 6.50. The number of aryl methyl sites for hydroxylation is 1. The molecule has 134 valence electrons. The van der Waals surface area contributed by atoms with Gasteiger partial charge >= 0.3 is 0 Å². The van der Waals surface area contributed by atoms with Crippen molar-refractivity contribution in [1.82, 2.24) is 4.98 Å². The van der Waals surface area contributed by atoms with E-state index < -0.39 is 0 Å². The fraction of sp³-hybridized carbons (Fsp3) is 0.0476. The minimum Gasteiger partial charge on any atom is -0.457 e. The molecule has 0 saturated carbocycles. The summed E-state index contributed by atoms with van der Waals surface area (Å²) in [7, 11) is 0. The van der Waals surface area contributed by atoms with Crippen molar-refractivity contribution in [2.24, 2.45) is 5.10 Å². The SMILES string of the molecule is Cc1cc(Oc2ccc(/C=N/Nc3nc4ccccc4s3)cc2)ccc1Cl. The average molecular weight is 394 g/mol. The molecule has 1 aromatic heterocycles. The number of para-hydroxylation sites is 1. The summed E-state index contributed by atoms with van der Waals surface area (Å²) in [6, 6.07) is 21.3. The normalized spacial score (nSPS) is 11.2. The lowest BCUT2D eigenvalue weighted by molar-refractivity contribution is 0.482. The zero-order chi connectivity index (χ0) is 18.6. The first kappa shape index (κ1) is 17.5. The molecule has 0 saturated heterocycles. The quantitative estimate of drug-likeness (QED) is 0.311. The Morgan fingerprint density at radius 1 is 1.04 bits per heavy atom. The van der Waals surface area contributed by atoms with Crippen LogP contribution in [0.4, 0.5) is 5.13 Å². The summed E-state index contributed by atoms with van der Waals surface area (Å²) in [6.45, 7) is 1.95. The summed E-state index contributed by atoms with van der Waals surface area (Å²) < 4.78 is 6.98. The Balaban J connectivity index is 1.39. The first-order chi connectivity index (χ1) is 13.2. The number of hydrogen-bond acceptors (Lipinski definition) is 5. The van der Waals surface area contributed by atoms with Gasteiger partial charge in [-0.05, 0) is 72.6 Å². The second-order valence-electron chi connectivity index (χ2n) is 5.94. The second-order valence-corrected chi connectivity index (χ2v) is 7.38. The summed E-state index contributed by atoms with van der Waals surface area (Å²) in [4.78, 5) is 4.48. The summed E-state index contributed by atoms with van der Waals surface area (Å²) in [5, 5.41) is 5.76. The number of nitrogens with one attached hydrogen (secondary N) is 1. The van der Waals surface area contributed by atoms with Crippen LogP contribution in [0.15, 0.2) is 71.8 Å². The molecular formula is C21H16ClN3OS. The summed E-state index contributed by atoms with van der Waals surface area (Å²) >= 11 is 7.61. The van der Waals surface area contributed by atoms with E-state index in [-0.39, 0.29) is 0 Å². The smallest absolute Gasteiger partial charge is 0.204 e. The zero-order valence-electron chi connectivity index (χ0n) is 14.5. The van der Waals surface area contributed by atoms with Gasteiger partial charge < -0.3 is 4.74 Å². The van der Waals surface area contributed by atoms with Crippen LogP contribution < -0.4 is 10.2 Å². The van der Waals surface area contributed by atoms with Gasteiger partial charge in [-0.2, -0.15) is 5.10 Å². The van der Waals surface area contributed by atoms with Crippen molar-refractivity contribution >= 4 is 44.5 Å². The number of anilines is 1. The molecule has 0 aliphatic carbocycles. The Morgan fingerprint density at radius 3 is 2.59 bits per heavy atom. The standard InChI is InChI=1S/C21H16ClN3OS/c1-14-12-17(10-11-18(14)22)26-16-8-6-15(7-9-16)13-23-25-21-24-19-4-2-3-5-20(19)27-21/h2-13H,1H3,(H,24,25)/b23-13+. The van der Waals surface area contributed by atoms with E-state index >= 15 is 0 Å². The Bertz CT molecular complexity index is 1070. The van der Waals surface area contributed by atoms with Gasteiger partial charge in [0.05, 0.1) is 16.4 Å². The molecule has 6 heteroatoms. The van der Waals surface area contributed by atoms with Crippen molar-refractivity contribution in [1.29, 1.82) is 0 Å². The highest BCUT2D eigenvalue weighted by atomic mass is 35.5. The van der Waals surface area contributed by atoms with Crippen molar-refractivity contribution in [3.8, 4) is 11.5 Å². The van der Waals surface area contributed by atoms with Gasteiger partial charge in [0.15, 0.2) is 0 Å². The molecule has 27 heavy (non-hydrogen) atoms. The third-order valence-electron chi connectivity index (χ3n) is 3.91. The van der Waals surface area contributed by atoms with Crippen LogP contribution >= 0.6 is 22.9 Å². The van der Waals surface area contributed by atoms with Gasteiger partial charge in [0.2, 0.25) is 5.13 Å². The fourth-order valence-corrected chi connectivity index (χ4v) is 3.45. The number of hydrazone groups is 1. The molecule has 1 heterocycles. The van der Waals surface area contributed by atoms with Crippen LogP contribution in [-0.4, -0.2) is 11.2 Å². The maximum atomic E-state index is 6.04. The number of benzene rings is 3. The van der Waals surface area contributed by atoms with E-state index in [2.05, 4.69) is 15.5 Å². The van der Waals surface area contributed by atoms with E-state index in [0.717, 1.165) is 43.0 Å². The summed E-state index contributed by atoms with van der Waals surface area (Å²) in [6.07, 6.45) is 1.75. The van der Waals surface area contributed by atoms with Gasteiger partial charge in [0.25, 0.3) is 0 Å². The number of fused-ring (bicyclic) bond motifs is 1. The highest BCUT2D eigenvalue weighted by molar-refractivity contribution is 7.22. The van der Waals surface area contributed by atoms with Crippen LogP contribution in [-0.2, 0) is 0 Å². The Hall–Kier alpha value is -2.89. The first-order valence-electron chi connectivity index (χ1n) is 8.36. The van der Waals surface area contributed by atoms with Gasteiger partial charge in [-0.15, -0.1) is 0 Å². The van der Waals surface area contributed by atoms with Gasteiger partial charge in [0, 0.05) is 5.02 Å². The molecule has 0 spiro atoms. The highest BCUT2D eigenvalue weighted by Crippen LogP contribution is 2.26. The molecular weight excluding hydrogens is 378 g/mol. The first-order valence-corrected chi connectivity index (χ1v) is 9.55. The highest BCUT2D eigenvalue weighted by Gasteiger charge is 2.02. The van der Waals surface area contributed by atoms with Crippen LogP contribution in [0.3, 0.4) is 0 Å². The van der Waals surface area contributed by atoms with Gasteiger partial charge in [-0.25, -0.2) is 4.98 Å². The third kappa shape index (κ3) is 4.27. The number of rotatable bonds is 5. The lowest BCUT2D eigenvalue weighted by atomic mass is 10.2.